The van der Waals surface area contributed by atoms with E-state index in [2.05, 4.69) is 5.32 Å². The standard InChI is InChI=1S/C17H15F2NO4/c1-24-11-7-5-10(6-8-11)14(9-15(21)22)20-17(23)12-3-2-4-13(18)16(12)19/h2-8,14H,9H2,1H3,(H,20,23)(H,21,22)/t14-/m1/s1. The molecule has 24 heavy (non-hydrogen) atoms. The number of carboxylic acids is 1. The van der Waals surface area contributed by atoms with E-state index in [1.54, 1.807) is 24.3 Å². The van der Waals surface area contributed by atoms with Gasteiger partial charge in [-0.2, -0.15) is 0 Å². The van der Waals surface area contributed by atoms with E-state index < -0.39 is 41.5 Å². The van der Waals surface area contributed by atoms with Crippen LogP contribution in [0.4, 0.5) is 8.78 Å². The van der Waals surface area contributed by atoms with Gasteiger partial charge in [-0.25, -0.2) is 8.78 Å². The maximum Gasteiger partial charge on any atom is 0.305 e. The Kier molecular flexibility index (Phi) is 5.47. The average molecular weight is 335 g/mol. The summed E-state index contributed by atoms with van der Waals surface area (Å²) in [5, 5.41) is 11.4. The highest BCUT2D eigenvalue weighted by Gasteiger charge is 2.22. The summed E-state index contributed by atoms with van der Waals surface area (Å²) in [6.45, 7) is 0. The topological polar surface area (TPSA) is 75.6 Å². The van der Waals surface area contributed by atoms with Crippen molar-refractivity contribution < 1.29 is 28.2 Å². The number of carbonyl (C=O) groups is 2. The zero-order chi connectivity index (χ0) is 17.7. The van der Waals surface area contributed by atoms with E-state index in [-0.39, 0.29) is 0 Å². The van der Waals surface area contributed by atoms with Crippen LogP contribution < -0.4 is 10.1 Å². The van der Waals surface area contributed by atoms with Crippen molar-refractivity contribution >= 4 is 11.9 Å². The van der Waals surface area contributed by atoms with Crippen LogP contribution in [-0.2, 0) is 4.79 Å². The van der Waals surface area contributed by atoms with Crippen molar-refractivity contribution in [2.24, 2.45) is 0 Å². The molecular weight excluding hydrogens is 320 g/mol. The lowest BCUT2D eigenvalue weighted by Gasteiger charge is -2.18. The van der Waals surface area contributed by atoms with E-state index in [9.17, 15) is 18.4 Å². The number of halogens is 2. The molecule has 2 aromatic rings. The number of ether oxygens (including phenoxy) is 1. The van der Waals surface area contributed by atoms with E-state index in [0.717, 1.165) is 12.1 Å². The molecule has 0 heterocycles. The van der Waals surface area contributed by atoms with Crippen molar-refractivity contribution in [2.45, 2.75) is 12.5 Å². The van der Waals surface area contributed by atoms with E-state index in [4.69, 9.17) is 9.84 Å². The smallest absolute Gasteiger partial charge is 0.305 e. The van der Waals surface area contributed by atoms with Crippen LogP contribution in [0, 0.1) is 11.6 Å². The molecule has 2 N–H and O–H groups in total. The quantitative estimate of drug-likeness (QED) is 0.851. The van der Waals surface area contributed by atoms with Crippen LogP contribution in [0.1, 0.15) is 28.4 Å². The van der Waals surface area contributed by atoms with Gasteiger partial charge in [0.1, 0.15) is 5.75 Å². The van der Waals surface area contributed by atoms with E-state index in [1.165, 1.54) is 13.2 Å². The third-order valence-electron chi connectivity index (χ3n) is 3.40. The average Bonchev–Trinajstić information content (AvgIpc) is 2.56. The Morgan fingerprint density at radius 3 is 2.42 bits per heavy atom. The highest BCUT2D eigenvalue weighted by atomic mass is 19.2. The van der Waals surface area contributed by atoms with Crippen LogP contribution in [0.2, 0.25) is 0 Å². The van der Waals surface area contributed by atoms with Crippen LogP contribution in [0.15, 0.2) is 42.5 Å². The molecule has 5 nitrogen and oxygen atoms in total. The Morgan fingerprint density at radius 2 is 1.83 bits per heavy atom. The van der Waals surface area contributed by atoms with E-state index >= 15 is 0 Å². The predicted molar refractivity (Wildman–Crippen MR) is 81.8 cm³/mol. The zero-order valence-corrected chi connectivity index (χ0v) is 12.8. The van der Waals surface area contributed by atoms with Gasteiger partial charge in [-0.1, -0.05) is 18.2 Å². The van der Waals surface area contributed by atoms with Crippen molar-refractivity contribution in [3.8, 4) is 5.75 Å². The van der Waals surface area contributed by atoms with Gasteiger partial charge in [0.2, 0.25) is 0 Å². The number of amides is 1. The van der Waals surface area contributed by atoms with Crippen molar-refractivity contribution in [3.05, 3.63) is 65.2 Å². The van der Waals surface area contributed by atoms with Gasteiger partial charge >= 0.3 is 5.97 Å². The minimum absolute atomic E-state index is 0.408. The normalized spacial score (nSPS) is 11.6. The van der Waals surface area contributed by atoms with Crippen LogP contribution in [0.5, 0.6) is 5.75 Å². The van der Waals surface area contributed by atoms with Crippen LogP contribution in [-0.4, -0.2) is 24.1 Å². The first kappa shape index (κ1) is 17.4. The van der Waals surface area contributed by atoms with Crippen molar-refractivity contribution in [2.75, 3.05) is 7.11 Å². The van der Waals surface area contributed by atoms with Gasteiger partial charge in [0.25, 0.3) is 5.91 Å². The SMILES string of the molecule is COc1ccc([C@@H](CC(=O)O)NC(=O)c2cccc(F)c2F)cc1. The monoisotopic (exact) mass is 335 g/mol. The number of methoxy groups -OCH3 is 1. The molecule has 0 saturated carbocycles. The molecule has 0 aromatic heterocycles. The van der Waals surface area contributed by atoms with Gasteiger partial charge in [0, 0.05) is 0 Å². The summed E-state index contributed by atoms with van der Waals surface area (Å²) in [5.41, 5.74) is 0.0160. The molecule has 7 heteroatoms. The molecular formula is C17H15F2NO4. The fourth-order valence-electron chi connectivity index (χ4n) is 2.18. The third-order valence-corrected chi connectivity index (χ3v) is 3.40. The maximum atomic E-state index is 13.7. The van der Waals surface area contributed by atoms with E-state index in [0.29, 0.717) is 11.3 Å². The van der Waals surface area contributed by atoms with Gasteiger partial charge in [-0.3, -0.25) is 9.59 Å². The van der Waals surface area contributed by atoms with Gasteiger partial charge in [-0.05, 0) is 29.8 Å². The number of hydrogen-bond acceptors (Lipinski definition) is 3. The summed E-state index contributed by atoms with van der Waals surface area (Å²) in [6.07, 6.45) is -0.408. The summed E-state index contributed by atoms with van der Waals surface area (Å²) < 4.78 is 31.9. The minimum atomic E-state index is -1.28. The molecule has 0 fully saturated rings. The Balaban J connectivity index is 2.26. The van der Waals surface area contributed by atoms with Gasteiger partial charge in [-0.15, -0.1) is 0 Å². The molecule has 1 amide bonds. The molecule has 2 aromatic carbocycles. The molecule has 0 aliphatic heterocycles. The fraction of sp³-hybridized carbons (Fsp3) is 0.176. The molecule has 1 atom stereocenters. The molecule has 0 radical (unpaired) electrons. The van der Waals surface area contributed by atoms with Crippen molar-refractivity contribution in [3.63, 3.8) is 0 Å². The predicted octanol–water partition coefficient (Wildman–Crippen LogP) is 2.92. The molecule has 0 unspecified atom stereocenters. The summed E-state index contributed by atoms with van der Waals surface area (Å²) in [7, 11) is 1.48. The molecule has 126 valence electrons. The number of carbonyl (C=O) groups excluding carboxylic acids is 1. The number of benzene rings is 2. The Hall–Kier alpha value is -2.96. The van der Waals surface area contributed by atoms with Gasteiger partial charge in [0.15, 0.2) is 11.6 Å². The molecule has 0 aliphatic rings. The number of aliphatic carboxylic acids is 1. The molecule has 0 saturated heterocycles. The minimum Gasteiger partial charge on any atom is -0.497 e. The number of carboxylic acid groups (broad SMARTS) is 1. The first-order chi connectivity index (χ1) is 11.4. The fourth-order valence-corrected chi connectivity index (χ4v) is 2.18. The first-order valence-corrected chi connectivity index (χ1v) is 7.03. The highest BCUT2D eigenvalue weighted by Crippen LogP contribution is 2.21. The highest BCUT2D eigenvalue weighted by molar-refractivity contribution is 5.95. The molecule has 0 aliphatic carbocycles. The largest absolute Gasteiger partial charge is 0.497 e. The first-order valence-electron chi connectivity index (χ1n) is 7.03. The number of nitrogens with one attached hydrogen (secondary N) is 1. The van der Waals surface area contributed by atoms with Crippen LogP contribution in [0.25, 0.3) is 0 Å². The Morgan fingerprint density at radius 1 is 1.17 bits per heavy atom. The molecule has 0 bridgehead atoms. The summed E-state index contributed by atoms with van der Waals surface area (Å²) in [5.74, 6) is -3.90. The van der Waals surface area contributed by atoms with Crippen LogP contribution >= 0.6 is 0 Å². The maximum absolute atomic E-state index is 13.7. The lowest BCUT2D eigenvalue weighted by molar-refractivity contribution is -0.137. The molecule has 0 spiro atoms. The second-order valence-electron chi connectivity index (χ2n) is 5.00. The number of hydrogen-bond donors (Lipinski definition) is 2. The summed E-state index contributed by atoms with van der Waals surface area (Å²) >= 11 is 0. The van der Waals surface area contributed by atoms with Crippen molar-refractivity contribution in [1.82, 2.24) is 5.32 Å². The zero-order valence-electron chi connectivity index (χ0n) is 12.8. The van der Waals surface area contributed by atoms with Crippen molar-refractivity contribution in [1.29, 1.82) is 0 Å². The third kappa shape index (κ3) is 4.07. The molecule has 2 rings (SSSR count). The lowest BCUT2D eigenvalue weighted by atomic mass is 10.0. The Bertz CT molecular complexity index is 747. The number of rotatable bonds is 6. The lowest BCUT2D eigenvalue weighted by Crippen LogP contribution is -2.31. The van der Waals surface area contributed by atoms with Gasteiger partial charge < -0.3 is 15.2 Å². The Labute approximate surface area is 136 Å². The van der Waals surface area contributed by atoms with Gasteiger partial charge in [0.05, 0.1) is 25.1 Å². The summed E-state index contributed by atoms with van der Waals surface area (Å²) in [4.78, 5) is 23.2. The van der Waals surface area contributed by atoms with E-state index in [1.807, 2.05) is 0 Å². The second-order valence-corrected chi connectivity index (χ2v) is 5.00. The van der Waals surface area contributed by atoms with Crippen LogP contribution in [0.3, 0.4) is 0 Å². The second kappa shape index (κ2) is 7.54. The summed E-state index contributed by atoms with van der Waals surface area (Å²) in [6, 6.07) is 8.72.